The largest absolute Gasteiger partial charge is 0.350 e. The molecule has 2 N–H and O–H groups in total. The molecule has 1 rings (SSSR count). The van der Waals surface area contributed by atoms with Crippen molar-refractivity contribution in [2.75, 3.05) is 0 Å². The fraction of sp³-hybridized carbons (Fsp3) is 0.273. The Bertz CT molecular complexity index is 583. The van der Waals surface area contributed by atoms with Crippen molar-refractivity contribution in [3.8, 4) is 0 Å². The summed E-state index contributed by atoms with van der Waals surface area (Å²) in [4.78, 5) is 22.7. The van der Waals surface area contributed by atoms with Crippen molar-refractivity contribution in [3.63, 3.8) is 0 Å². The molecule has 0 bridgehead atoms. The summed E-state index contributed by atoms with van der Waals surface area (Å²) in [6.07, 6.45) is 0.314. The summed E-state index contributed by atoms with van der Waals surface area (Å²) in [5.41, 5.74) is 4.98. The molecule has 0 saturated heterocycles. The van der Waals surface area contributed by atoms with E-state index in [1.165, 1.54) is 24.3 Å². The molecular weight excluding hydrogens is 292 g/mol. The maximum atomic E-state index is 12.2. The highest BCUT2D eigenvalue weighted by atomic mass is 35.5. The summed E-state index contributed by atoms with van der Waals surface area (Å²) in [6, 6.07) is 3.77. The number of halogens is 1. The lowest BCUT2D eigenvalue weighted by molar-refractivity contribution is -0.124. The molecule has 0 saturated carbocycles. The number of carbonyl (C=O) groups is 2. The summed E-state index contributed by atoms with van der Waals surface area (Å²) in [5, 5.41) is 0.337. The van der Waals surface area contributed by atoms with Crippen molar-refractivity contribution in [1.29, 1.82) is 0 Å². The molecule has 0 fully saturated rings. The molecule has 8 heteroatoms. The third-order valence-corrected chi connectivity index (χ3v) is 4.23. The van der Waals surface area contributed by atoms with Crippen LogP contribution in [0, 0.1) is 0 Å². The predicted octanol–water partition coefficient (Wildman–Crippen LogP) is 1.74. The fourth-order valence-corrected chi connectivity index (χ4v) is 2.82. The van der Waals surface area contributed by atoms with Crippen LogP contribution in [-0.2, 0) is 14.8 Å². The Morgan fingerprint density at radius 3 is 2.21 bits per heavy atom. The van der Waals surface area contributed by atoms with Gasteiger partial charge in [-0.3, -0.25) is 4.79 Å². The van der Waals surface area contributed by atoms with E-state index in [1.807, 2.05) is 0 Å². The first-order chi connectivity index (χ1) is 8.80. The van der Waals surface area contributed by atoms with Gasteiger partial charge in [-0.05, 0) is 30.7 Å². The van der Waals surface area contributed by atoms with E-state index < -0.39 is 22.0 Å². The summed E-state index contributed by atoms with van der Waals surface area (Å²) >= 11 is 5.65. The normalized spacial score (nSPS) is 11.1. The monoisotopic (exact) mass is 304 g/mol. The van der Waals surface area contributed by atoms with Crippen LogP contribution in [0.1, 0.15) is 19.8 Å². The SMILES string of the molecule is CCCC(=O)N(C(N)=O)S(=O)(=O)c1ccc(Cl)cc1. The van der Waals surface area contributed by atoms with Crippen LogP contribution >= 0.6 is 11.6 Å². The summed E-state index contributed by atoms with van der Waals surface area (Å²) < 4.78 is 24.4. The Hall–Kier alpha value is -1.60. The average Bonchev–Trinajstić information content (AvgIpc) is 2.28. The zero-order chi connectivity index (χ0) is 14.6. The van der Waals surface area contributed by atoms with E-state index in [0.29, 0.717) is 11.4 Å². The molecule has 0 aromatic heterocycles. The second kappa shape index (κ2) is 6.03. The quantitative estimate of drug-likeness (QED) is 0.916. The minimum absolute atomic E-state index is 0.0831. The standard InChI is InChI=1S/C11H13ClN2O4S/c1-2-3-10(15)14(11(13)16)19(17,18)9-6-4-8(12)5-7-9/h4-7H,2-3H2,1H3,(H2,13,16). The van der Waals surface area contributed by atoms with Crippen LogP contribution in [0.25, 0.3) is 0 Å². The minimum atomic E-state index is -4.29. The van der Waals surface area contributed by atoms with Gasteiger partial charge in [-0.1, -0.05) is 18.5 Å². The van der Waals surface area contributed by atoms with E-state index >= 15 is 0 Å². The molecule has 19 heavy (non-hydrogen) atoms. The number of nitrogens with two attached hydrogens (primary N) is 1. The minimum Gasteiger partial charge on any atom is -0.350 e. The summed E-state index contributed by atoms with van der Waals surface area (Å²) in [6.45, 7) is 1.69. The smallest absolute Gasteiger partial charge is 0.335 e. The van der Waals surface area contributed by atoms with Gasteiger partial charge >= 0.3 is 6.03 Å². The van der Waals surface area contributed by atoms with E-state index in [4.69, 9.17) is 17.3 Å². The zero-order valence-corrected chi connectivity index (χ0v) is 11.7. The maximum Gasteiger partial charge on any atom is 0.335 e. The van der Waals surface area contributed by atoms with Crippen LogP contribution in [0.15, 0.2) is 29.2 Å². The first-order valence-electron chi connectivity index (χ1n) is 5.44. The number of urea groups is 1. The van der Waals surface area contributed by atoms with Crippen LogP contribution in [0.5, 0.6) is 0 Å². The molecule has 0 spiro atoms. The number of hydrogen-bond donors (Lipinski definition) is 1. The molecule has 0 aliphatic carbocycles. The number of hydrogen-bond acceptors (Lipinski definition) is 4. The number of carbonyl (C=O) groups excluding carboxylic acids is 2. The lowest BCUT2D eigenvalue weighted by Gasteiger charge is -2.18. The lowest BCUT2D eigenvalue weighted by atomic mass is 10.3. The number of nitrogens with zero attached hydrogens (tertiary/aromatic N) is 1. The Kier molecular flexibility index (Phi) is 4.90. The van der Waals surface area contributed by atoms with Gasteiger partial charge in [0.05, 0.1) is 4.90 Å². The number of primary amides is 1. The van der Waals surface area contributed by atoms with Crippen LogP contribution < -0.4 is 5.73 Å². The predicted molar refractivity (Wildman–Crippen MR) is 70.0 cm³/mol. The molecule has 1 aromatic carbocycles. The van der Waals surface area contributed by atoms with Gasteiger partial charge in [0.2, 0.25) is 5.91 Å². The Labute approximate surface area is 116 Å². The van der Waals surface area contributed by atoms with Crippen LogP contribution in [-0.4, -0.2) is 24.7 Å². The van der Waals surface area contributed by atoms with Crippen molar-refractivity contribution in [1.82, 2.24) is 4.31 Å². The lowest BCUT2D eigenvalue weighted by Crippen LogP contribution is -2.44. The zero-order valence-electron chi connectivity index (χ0n) is 10.2. The molecule has 1 aromatic rings. The number of amides is 3. The third-order valence-electron chi connectivity index (χ3n) is 2.24. The van der Waals surface area contributed by atoms with Gasteiger partial charge in [0, 0.05) is 11.4 Å². The van der Waals surface area contributed by atoms with E-state index in [0.717, 1.165) is 0 Å². The highest BCUT2D eigenvalue weighted by molar-refractivity contribution is 7.90. The topological polar surface area (TPSA) is 97.5 Å². The van der Waals surface area contributed by atoms with Gasteiger partial charge in [-0.25, -0.2) is 13.2 Å². The summed E-state index contributed by atoms with van der Waals surface area (Å²) in [5.74, 6) is -0.857. The Morgan fingerprint density at radius 2 is 1.79 bits per heavy atom. The molecule has 0 aliphatic heterocycles. The third kappa shape index (κ3) is 3.45. The van der Waals surface area contributed by atoms with E-state index in [-0.39, 0.29) is 15.6 Å². The van der Waals surface area contributed by atoms with Crippen molar-refractivity contribution in [2.45, 2.75) is 24.7 Å². The number of imide groups is 1. The van der Waals surface area contributed by atoms with Gasteiger partial charge < -0.3 is 5.73 Å². The number of sulfonamides is 1. The summed E-state index contributed by atoms with van der Waals surface area (Å²) in [7, 11) is -4.29. The van der Waals surface area contributed by atoms with Gasteiger partial charge in [-0.2, -0.15) is 4.31 Å². The molecule has 3 amide bonds. The fourth-order valence-electron chi connectivity index (χ4n) is 1.40. The molecular formula is C11H13ClN2O4S. The van der Waals surface area contributed by atoms with E-state index in [1.54, 1.807) is 6.92 Å². The van der Waals surface area contributed by atoms with Crippen LogP contribution in [0.2, 0.25) is 5.02 Å². The second-order valence-corrected chi connectivity index (χ2v) is 5.93. The number of benzene rings is 1. The van der Waals surface area contributed by atoms with Gasteiger partial charge in [0.15, 0.2) is 0 Å². The number of rotatable bonds is 4. The highest BCUT2D eigenvalue weighted by Gasteiger charge is 2.33. The molecule has 6 nitrogen and oxygen atoms in total. The Balaban J connectivity index is 3.24. The highest BCUT2D eigenvalue weighted by Crippen LogP contribution is 2.19. The molecule has 0 heterocycles. The van der Waals surface area contributed by atoms with Gasteiger partial charge in [-0.15, -0.1) is 0 Å². The Morgan fingerprint density at radius 1 is 1.26 bits per heavy atom. The molecule has 0 radical (unpaired) electrons. The molecule has 104 valence electrons. The van der Waals surface area contributed by atoms with E-state index in [9.17, 15) is 18.0 Å². The van der Waals surface area contributed by atoms with Crippen LogP contribution in [0.3, 0.4) is 0 Å². The molecule has 0 unspecified atom stereocenters. The van der Waals surface area contributed by atoms with Gasteiger partial charge in [0.1, 0.15) is 0 Å². The molecule has 0 atom stereocenters. The van der Waals surface area contributed by atoms with Crippen molar-refractivity contribution >= 4 is 33.6 Å². The average molecular weight is 305 g/mol. The first-order valence-corrected chi connectivity index (χ1v) is 7.25. The van der Waals surface area contributed by atoms with E-state index in [2.05, 4.69) is 0 Å². The van der Waals surface area contributed by atoms with Gasteiger partial charge in [0.25, 0.3) is 10.0 Å². The second-order valence-electron chi connectivity index (χ2n) is 3.71. The maximum absolute atomic E-state index is 12.2. The molecule has 0 aliphatic rings. The van der Waals surface area contributed by atoms with Crippen molar-refractivity contribution < 1.29 is 18.0 Å². The van der Waals surface area contributed by atoms with Crippen molar-refractivity contribution in [3.05, 3.63) is 29.3 Å². The van der Waals surface area contributed by atoms with Crippen molar-refractivity contribution in [2.24, 2.45) is 5.73 Å². The first kappa shape index (κ1) is 15.5. The van der Waals surface area contributed by atoms with Crippen LogP contribution in [0.4, 0.5) is 4.79 Å².